The Kier molecular flexibility index (Phi) is 9.34. The first-order chi connectivity index (χ1) is 20.4. The molecule has 0 aromatic heterocycles. The van der Waals surface area contributed by atoms with E-state index in [1.165, 1.54) is 0 Å². The third-order valence-electron chi connectivity index (χ3n) is 7.38. The molecule has 1 aliphatic rings. The van der Waals surface area contributed by atoms with Crippen LogP contribution in [-0.4, -0.2) is 28.9 Å². The summed E-state index contributed by atoms with van der Waals surface area (Å²) in [5.41, 5.74) is 3.12. The number of carboxylic acids is 1. The summed E-state index contributed by atoms with van der Waals surface area (Å²) in [6.45, 7) is 0. The molecule has 0 heterocycles. The number of carbonyl (C=O) groups is 3. The van der Waals surface area contributed by atoms with Gasteiger partial charge in [-0.15, -0.1) is 0 Å². The summed E-state index contributed by atoms with van der Waals surface area (Å²) in [6, 6.07) is 28.6. The lowest BCUT2D eigenvalue weighted by Gasteiger charge is -2.18. The van der Waals surface area contributed by atoms with Crippen LogP contribution >= 0.6 is 15.9 Å². The second-order valence-corrected chi connectivity index (χ2v) is 11.3. The Hall–Kier alpha value is -4.43. The fourth-order valence-corrected chi connectivity index (χ4v) is 5.50. The number of aliphatic carboxylic acids is 1. The summed E-state index contributed by atoms with van der Waals surface area (Å²) in [5, 5.41) is 15.5. The number of carboxylic acid groups (broad SMARTS) is 1. The highest BCUT2D eigenvalue weighted by atomic mass is 79.9. The molecular formula is C34H31BrN2O5. The molecule has 8 heteroatoms. The van der Waals surface area contributed by atoms with Crippen molar-refractivity contribution in [3.8, 4) is 22.6 Å². The molecule has 0 aliphatic heterocycles. The predicted octanol–water partition coefficient (Wildman–Crippen LogP) is 7.46. The van der Waals surface area contributed by atoms with Gasteiger partial charge < -0.3 is 20.5 Å². The van der Waals surface area contributed by atoms with Crippen LogP contribution in [0.5, 0.6) is 11.5 Å². The van der Waals surface area contributed by atoms with Crippen LogP contribution in [0.2, 0.25) is 0 Å². The van der Waals surface area contributed by atoms with Crippen LogP contribution in [0, 0.1) is 5.92 Å². The molecule has 7 nitrogen and oxygen atoms in total. The molecule has 1 atom stereocenters. The maximum Gasteiger partial charge on any atom is 0.326 e. The summed E-state index contributed by atoms with van der Waals surface area (Å²) < 4.78 is 6.74. The molecule has 1 saturated carbocycles. The molecule has 1 fully saturated rings. The van der Waals surface area contributed by atoms with Crippen molar-refractivity contribution in [2.24, 2.45) is 5.92 Å². The molecular weight excluding hydrogens is 596 g/mol. The van der Waals surface area contributed by atoms with Gasteiger partial charge in [-0.1, -0.05) is 89.4 Å². The van der Waals surface area contributed by atoms with Gasteiger partial charge in [0.25, 0.3) is 5.91 Å². The third-order valence-corrected chi connectivity index (χ3v) is 7.87. The molecule has 4 aromatic rings. The van der Waals surface area contributed by atoms with E-state index in [9.17, 15) is 19.5 Å². The van der Waals surface area contributed by atoms with E-state index in [-0.39, 0.29) is 23.8 Å². The second-order valence-electron chi connectivity index (χ2n) is 10.3. The number of hydrogen-bond acceptors (Lipinski definition) is 4. The highest BCUT2D eigenvalue weighted by Gasteiger charge is 2.26. The average molecular weight is 628 g/mol. The fourth-order valence-electron chi connectivity index (χ4n) is 5.14. The zero-order valence-corrected chi connectivity index (χ0v) is 24.5. The average Bonchev–Trinajstić information content (AvgIpc) is 3.54. The Morgan fingerprint density at radius 1 is 0.881 bits per heavy atom. The van der Waals surface area contributed by atoms with Crippen molar-refractivity contribution >= 4 is 39.4 Å². The first-order valence-corrected chi connectivity index (χ1v) is 14.7. The van der Waals surface area contributed by atoms with Gasteiger partial charge in [-0.25, -0.2) is 4.79 Å². The van der Waals surface area contributed by atoms with Crippen molar-refractivity contribution in [2.45, 2.75) is 38.1 Å². The zero-order chi connectivity index (χ0) is 29.5. The molecule has 0 unspecified atom stereocenters. The molecule has 42 heavy (non-hydrogen) atoms. The number of para-hydroxylation sites is 2. The van der Waals surface area contributed by atoms with Crippen LogP contribution in [-0.2, 0) is 16.0 Å². The molecule has 0 bridgehead atoms. The number of rotatable bonds is 10. The lowest BCUT2D eigenvalue weighted by Crippen LogP contribution is -2.42. The van der Waals surface area contributed by atoms with Gasteiger partial charge in [0.2, 0.25) is 5.91 Å². The van der Waals surface area contributed by atoms with Crippen molar-refractivity contribution in [2.75, 3.05) is 5.32 Å². The molecule has 0 spiro atoms. The first-order valence-electron chi connectivity index (χ1n) is 13.9. The zero-order valence-electron chi connectivity index (χ0n) is 22.9. The monoisotopic (exact) mass is 626 g/mol. The summed E-state index contributed by atoms with van der Waals surface area (Å²) in [7, 11) is 0. The van der Waals surface area contributed by atoms with Crippen LogP contribution in [0.3, 0.4) is 0 Å². The van der Waals surface area contributed by atoms with E-state index in [1.54, 1.807) is 18.2 Å². The Morgan fingerprint density at radius 3 is 2.29 bits per heavy atom. The van der Waals surface area contributed by atoms with Gasteiger partial charge >= 0.3 is 5.97 Å². The molecule has 0 radical (unpaired) electrons. The Bertz CT molecular complexity index is 1570. The number of benzene rings is 4. The summed E-state index contributed by atoms with van der Waals surface area (Å²) >= 11 is 3.38. The quantitative estimate of drug-likeness (QED) is 0.169. The largest absolute Gasteiger partial charge is 0.480 e. The van der Waals surface area contributed by atoms with E-state index in [2.05, 4.69) is 26.6 Å². The Balaban J connectivity index is 1.29. The lowest BCUT2D eigenvalue weighted by molar-refractivity contribution is -0.139. The van der Waals surface area contributed by atoms with Gasteiger partial charge in [0.1, 0.15) is 17.5 Å². The smallest absolute Gasteiger partial charge is 0.326 e. The molecule has 0 saturated heterocycles. The first kappa shape index (κ1) is 29.1. The third kappa shape index (κ3) is 7.25. The van der Waals surface area contributed by atoms with Gasteiger partial charge in [0, 0.05) is 22.4 Å². The van der Waals surface area contributed by atoms with E-state index in [1.807, 2.05) is 78.9 Å². The van der Waals surface area contributed by atoms with E-state index in [4.69, 9.17) is 4.74 Å². The van der Waals surface area contributed by atoms with E-state index in [0.717, 1.165) is 48.1 Å². The van der Waals surface area contributed by atoms with Crippen molar-refractivity contribution < 1.29 is 24.2 Å². The second kappa shape index (κ2) is 13.5. The van der Waals surface area contributed by atoms with Crippen molar-refractivity contribution in [1.29, 1.82) is 0 Å². The van der Waals surface area contributed by atoms with E-state index in [0.29, 0.717) is 15.9 Å². The van der Waals surface area contributed by atoms with Gasteiger partial charge in [0.05, 0.1) is 11.3 Å². The number of nitrogens with one attached hydrogen (secondary N) is 2. The minimum absolute atomic E-state index is 0.0730. The summed E-state index contributed by atoms with van der Waals surface area (Å²) in [4.78, 5) is 38.2. The van der Waals surface area contributed by atoms with Crippen LogP contribution in [0.1, 0.15) is 41.6 Å². The van der Waals surface area contributed by atoms with Crippen molar-refractivity contribution in [1.82, 2.24) is 5.32 Å². The minimum atomic E-state index is -1.17. The van der Waals surface area contributed by atoms with Crippen molar-refractivity contribution in [3.63, 3.8) is 0 Å². The van der Waals surface area contributed by atoms with Crippen LogP contribution in [0.4, 0.5) is 5.69 Å². The minimum Gasteiger partial charge on any atom is -0.480 e. The highest BCUT2D eigenvalue weighted by Crippen LogP contribution is 2.33. The molecule has 2 amide bonds. The fraction of sp³-hybridized carbons (Fsp3) is 0.206. The van der Waals surface area contributed by atoms with Gasteiger partial charge in [-0.2, -0.15) is 0 Å². The number of halogens is 1. The molecule has 3 N–H and O–H groups in total. The highest BCUT2D eigenvalue weighted by molar-refractivity contribution is 9.10. The molecule has 4 aromatic carbocycles. The van der Waals surface area contributed by atoms with E-state index >= 15 is 0 Å². The number of anilines is 1. The van der Waals surface area contributed by atoms with Crippen LogP contribution in [0.25, 0.3) is 11.1 Å². The summed E-state index contributed by atoms with van der Waals surface area (Å²) in [5.74, 6) is -0.481. The molecule has 1 aliphatic carbocycles. The van der Waals surface area contributed by atoms with Crippen LogP contribution < -0.4 is 15.4 Å². The topological polar surface area (TPSA) is 105 Å². The van der Waals surface area contributed by atoms with Crippen LogP contribution in [0.15, 0.2) is 102 Å². The number of carbonyl (C=O) groups excluding carboxylic acids is 2. The maximum atomic E-state index is 13.3. The Morgan fingerprint density at radius 2 is 1.57 bits per heavy atom. The van der Waals surface area contributed by atoms with E-state index < -0.39 is 17.9 Å². The maximum absolute atomic E-state index is 13.3. The molecule has 5 rings (SSSR count). The SMILES string of the molecule is O=C(N[C@@H](Cc1ccc(-c2ccccc2Oc2ccccc2)cc1)C(=O)O)c1cc(Br)ccc1NC(=O)C1CCCC1. The number of amides is 2. The molecule has 214 valence electrons. The lowest BCUT2D eigenvalue weighted by atomic mass is 9.99. The van der Waals surface area contributed by atoms with Gasteiger partial charge in [-0.05, 0) is 60.4 Å². The number of hydrogen-bond donors (Lipinski definition) is 3. The number of ether oxygens (including phenoxy) is 1. The van der Waals surface area contributed by atoms with Gasteiger partial charge in [-0.3, -0.25) is 9.59 Å². The summed E-state index contributed by atoms with van der Waals surface area (Å²) in [6.07, 6.45) is 3.77. The normalized spacial score (nSPS) is 13.7. The predicted molar refractivity (Wildman–Crippen MR) is 166 cm³/mol. The van der Waals surface area contributed by atoms with Crippen molar-refractivity contribution in [3.05, 3.63) is 113 Å². The Labute approximate surface area is 253 Å². The standard InChI is InChI=1S/C34H31BrN2O5/c35-25-18-19-29(36-32(38)24-8-4-5-9-24)28(21-25)33(39)37-30(34(40)41)20-22-14-16-23(17-15-22)27-12-6-7-13-31(27)42-26-10-2-1-3-11-26/h1-3,6-7,10-19,21,24,30H,4-5,8-9,20H2,(H,36,38)(H,37,39)(H,40,41)/t30-/m0/s1. The van der Waals surface area contributed by atoms with Gasteiger partial charge in [0.15, 0.2) is 0 Å².